The molecular weight excluding hydrogens is 258 g/mol. The van der Waals surface area contributed by atoms with Crippen LogP contribution in [0.15, 0.2) is 30.6 Å². The van der Waals surface area contributed by atoms with E-state index in [1.54, 1.807) is 0 Å². The SMILES string of the molecule is O=C1CC(CS)CN1CCc1cnc2ccccn12. The summed E-state index contributed by atoms with van der Waals surface area (Å²) in [5, 5.41) is 0. The fourth-order valence-corrected chi connectivity index (χ4v) is 2.86. The van der Waals surface area contributed by atoms with Gasteiger partial charge < -0.3 is 9.30 Å². The van der Waals surface area contributed by atoms with Crippen molar-refractivity contribution in [2.75, 3.05) is 18.8 Å². The van der Waals surface area contributed by atoms with Crippen LogP contribution < -0.4 is 0 Å². The van der Waals surface area contributed by atoms with Crippen LogP contribution >= 0.6 is 12.6 Å². The van der Waals surface area contributed by atoms with E-state index in [1.165, 1.54) is 0 Å². The lowest BCUT2D eigenvalue weighted by atomic mass is 10.1. The number of aromatic nitrogens is 2. The highest BCUT2D eigenvalue weighted by molar-refractivity contribution is 7.80. The van der Waals surface area contributed by atoms with Crippen LogP contribution in [0.4, 0.5) is 0 Å². The second kappa shape index (κ2) is 5.25. The lowest BCUT2D eigenvalue weighted by Crippen LogP contribution is -2.28. The molecule has 0 N–H and O–H groups in total. The summed E-state index contributed by atoms with van der Waals surface area (Å²) in [4.78, 5) is 18.1. The Morgan fingerprint density at radius 2 is 2.32 bits per heavy atom. The number of pyridine rings is 1. The minimum Gasteiger partial charge on any atom is -0.342 e. The number of carbonyl (C=O) groups excluding carboxylic acids is 1. The molecule has 3 rings (SSSR count). The van der Waals surface area contributed by atoms with Gasteiger partial charge in [-0.3, -0.25) is 4.79 Å². The van der Waals surface area contributed by atoms with E-state index in [9.17, 15) is 4.79 Å². The molecule has 0 radical (unpaired) electrons. The van der Waals surface area contributed by atoms with Gasteiger partial charge in [0.25, 0.3) is 0 Å². The maximum Gasteiger partial charge on any atom is 0.222 e. The Labute approximate surface area is 117 Å². The Morgan fingerprint density at radius 3 is 3.11 bits per heavy atom. The monoisotopic (exact) mass is 275 g/mol. The van der Waals surface area contributed by atoms with E-state index in [4.69, 9.17) is 0 Å². The Morgan fingerprint density at radius 1 is 1.42 bits per heavy atom. The van der Waals surface area contributed by atoms with Gasteiger partial charge in [-0.1, -0.05) is 6.07 Å². The summed E-state index contributed by atoms with van der Waals surface area (Å²) in [6.45, 7) is 1.62. The molecule has 1 amide bonds. The van der Waals surface area contributed by atoms with E-state index >= 15 is 0 Å². The number of amides is 1. The van der Waals surface area contributed by atoms with E-state index in [2.05, 4.69) is 22.0 Å². The van der Waals surface area contributed by atoms with E-state index in [-0.39, 0.29) is 5.91 Å². The largest absolute Gasteiger partial charge is 0.342 e. The molecule has 5 heteroatoms. The van der Waals surface area contributed by atoms with E-state index in [1.807, 2.05) is 35.5 Å². The molecule has 1 saturated heterocycles. The van der Waals surface area contributed by atoms with Gasteiger partial charge in [-0.2, -0.15) is 12.6 Å². The van der Waals surface area contributed by atoms with Crippen molar-refractivity contribution in [1.82, 2.24) is 14.3 Å². The third-order valence-corrected chi connectivity index (χ3v) is 4.20. The molecule has 0 saturated carbocycles. The summed E-state index contributed by atoms with van der Waals surface area (Å²) >= 11 is 4.28. The van der Waals surface area contributed by atoms with Gasteiger partial charge in [0, 0.05) is 44.0 Å². The van der Waals surface area contributed by atoms with Crippen molar-refractivity contribution in [3.8, 4) is 0 Å². The van der Waals surface area contributed by atoms with Crippen LogP contribution in [0.25, 0.3) is 5.65 Å². The Hall–Kier alpha value is -1.49. The van der Waals surface area contributed by atoms with Crippen molar-refractivity contribution in [3.63, 3.8) is 0 Å². The van der Waals surface area contributed by atoms with Crippen LogP contribution in [0.3, 0.4) is 0 Å². The molecule has 4 nitrogen and oxygen atoms in total. The van der Waals surface area contributed by atoms with Gasteiger partial charge in [0.05, 0.1) is 0 Å². The topological polar surface area (TPSA) is 37.6 Å². The number of nitrogens with zero attached hydrogens (tertiary/aromatic N) is 3. The fraction of sp³-hybridized carbons (Fsp3) is 0.429. The third-order valence-electron chi connectivity index (χ3n) is 3.68. The van der Waals surface area contributed by atoms with E-state index in [0.29, 0.717) is 12.3 Å². The van der Waals surface area contributed by atoms with Crippen LogP contribution in [0.2, 0.25) is 0 Å². The molecule has 19 heavy (non-hydrogen) atoms. The Balaban J connectivity index is 1.68. The fourth-order valence-electron chi connectivity index (χ4n) is 2.61. The second-order valence-electron chi connectivity index (χ2n) is 5.02. The Kier molecular flexibility index (Phi) is 3.46. The normalized spacial score (nSPS) is 19.5. The van der Waals surface area contributed by atoms with Gasteiger partial charge >= 0.3 is 0 Å². The van der Waals surface area contributed by atoms with Crippen LogP contribution in [-0.4, -0.2) is 39.0 Å². The number of thiol groups is 1. The van der Waals surface area contributed by atoms with Crippen molar-refractivity contribution in [1.29, 1.82) is 0 Å². The van der Waals surface area contributed by atoms with Gasteiger partial charge in [0.1, 0.15) is 5.65 Å². The number of hydrogen-bond acceptors (Lipinski definition) is 3. The zero-order valence-corrected chi connectivity index (χ0v) is 11.6. The molecule has 100 valence electrons. The average molecular weight is 275 g/mol. The molecular formula is C14H17N3OS. The maximum absolute atomic E-state index is 11.8. The first-order chi connectivity index (χ1) is 9.28. The third kappa shape index (κ3) is 2.47. The first kappa shape index (κ1) is 12.5. The minimum absolute atomic E-state index is 0.257. The maximum atomic E-state index is 11.8. The summed E-state index contributed by atoms with van der Waals surface area (Å²) in [5.41, 5.74) is 2.11. The van der Waals surface area contributed by atoms with Gasteiger partial charge in [-0.15, -0.1) is 0 Å². The van der Waals surface area contributed by atoms with Crippen molar-refractivity contribution in [2.24, 2.45) is 5.92 Å². The molecule has 1 fully saturated rings. The summed E-state index contributed by atoms with van der Waals surface area (Å²) in [7, 11) is 0. The molecule has 0 spiro atoms. The summed E-state index contributed by atoms with van der Waals surface area (Å²) in [6, 6.07) is 5.96. The van der Waals surface area contributed by atoms with Gasteiger partial charge in [-0.25, -0.2) is 4.98 Å². The van der Waals surface area contributed by atoms with E-state index < -0.39 is 0 Å². The number of likely N-dealkylation sites (tertiary alicyclic amines) is 1. The molecule has 2 aromatic rings. The molecule has 1 aliphatic rings. The van der Waals surface area contributed by atoms with Crippen molar-refractivity contribution >= 4 is 24.2 Å². The highest BCUT2D eigenvalue weighted by Gasteiger charge is 2.28. The van der Waals surface area contributed by atoms with Crippen molar-refractivity contribution in [3.05, 3.63) is 36.3 Å². The number of rotatable bonds is 4. The van der Waals surface area contributed by atoms with Crippen LogP contribution in [-0.2, 0) is 11.2 Å². The predicted molar refractivity (Wildman–Crippen MR) is 77.4 cm³/mol. The summed E-state index contributed by atoms with van der Waals surface area (Å²) < 4.78 is 2.08. The first-order valence-corrected chi connectivity index (χ1v) is 7.21. The molecule has 0 aliphatic carbocycles. The van der Waals surface area contributed by atoms with Crippen LogP contribution in [0, 0.1) is 5.92 Å². The lowest BCUT2D eigenvalue weighted by molar-refractivity contribution is -0.127. The zero-order chi connectivity index (χ0) is 13.2. The Bertz CT molecular complexity index is 595. The average Bonchev–Trinajstić information content (AvgIpc) is 3.00. The molecule has 1 unspecified atom stereocenters. The lowest BCUT2D eigenvalue weighted by Gasteiger charge is -2.15. The van der Waals surface area contributed by atoms with Crippen molar-refractivity contribution in [2.45, 2.75) is 12.8 Å². The zero-order valence-electron chi connectivity index (χ0n) is 10.7. The molecule has 0 bridgehead atoms. The number of carbonyl (C=O) groups is 1. The molecule has 1 aliphatic heterocycles. The smallest absolute Gasteiger partial charge is 0.222 e. The standard InChI is InChI=1S/C14H17N3OS/c18-14-7-11(10-19)9-16(14)6-4-12-8-15-13-3-1-2-5-17(12)13/h1-3,5,8,11,19H,4,6-7,9-10H2. The number of imidazole rings is 1. The molecule has 2 aromatic heterocycles. The summed E-state index contributed by atoms with van der Waals surface area (Å²) in [6.07, 6.45) is 5.40. The van der Waals surface area contributed by atoms with Crippen LogP contribution in [0.5, 0.6) is 0 Å². The van der Waals surface area contributed by atoms with Gasteiger partial charge in [-0.05, 0) is 23.8 Å². The van der Waals surface area contributed by atoms with Crippen molar-refractivity contribution < 1.29 is 4.79 Å². The number of fused-ring (bicyclic) bond motifs is 1. The first-order valence-electron chi connectivity index (χ1n) is 6.57. The molecule has 3 heterocycles. The predicted octanol–water partition coefficient (Wildman–Crippen LogP) is 1.66. The van der Waals surface area contributed by atoms with Gasteiger partial charge in [0.15, 0.2) is 0 Å². The second-order valence-corrected chi connectivity index (χ2v) is 5.39. The van der Waals surface area contributed by atoms with Gasteiger partial charge in [0.2, 0.25) is 5.91 Å². The number of hydrogen-bond donors (Lipinski definition) is 1. The van der Waals surface area contributed by atoms with E-state index in [0.717, 1.165) is 36.6 Å². The van der Waals surface area contributed by atoms with Crippen LogP contribution in [0.1, 0.15) is 12.1 Å². The summed E-state index contributed by atoms with van der Waals surface area (Å²) in [5.74, 6) is 1.46. The molecule has 1 atom stereocenters. The quantitative estimate of drug-likeness (QED) is 0.862. The highest BCUT2D eigenvalue weighted by atomic mass is 32.1. The minimum atomic E-state index is 0.257. The molecule has 0 aromatic carbocycles. The highest BCUT2D eigenvalue weighted by Crippen LogP contribution is 2.19.